The van der Waals surface area contributed by atoms with Crippen molar-refractivity contribution in [2.45, 2.75) is 40.5 Å². The quantitative estimate of drug-likeness (QED) is 0.685. The van der Waals surface area contributed by atoms with Crippen LogP contribution < -0.4 is 0 Å². The van der Waals surface area contributed by atoms with Crippen LogP contribution in [0.3, 0.4) is 0 Å². The first-order chi connectivity index (χ1) is 9.09. The number of hydrogen-bond acceptors (Lipinski definition) is 0. The van der Waals surface area contributed by atoms with Crippen LogP contribution in [0.5, 0.6) is 0 Å². The standard InChI is InChI=1S/C19H22/c1-12-13(2)15(4)19(14(12)3)11-17-9-5-7-16-8-6-10-18(16)17/h5-7,9-10,19H,8,11H2,1-4H3. The molecule has 0 aromatic heterocycles. The molecule has 0 N–H and O–H groups in total. The van der Waals surface area contributed by atoms with Crippen molar-refractivity contribution in [3.05, 3.63) is 63.3 Å². The molecule has 0 radical (unpaired) electrons. The number of benzene rings is 1. The van der Waals surface area contributed by atoms with E-state index in [9.17, 15) is 0 Å². The molecule has 2 aliphatic carbocycles. The fraction of sp³-hybridized carbons (Fsp3) is 0.368. The molecule has 0 spiro atoms. The molecule has 1 aromatic carbocycles. The van der Waals surface area contributed by atoms with Gasteiger partial charge in [0.15, 0.2) is 0 Å². The number of fused-ring (bicyclic) bond motifs is 1. The van der Waals surface area contributed by atoms with Gasteiger partial charge in [0.1, 0.15) is 0 Å². The summed E-state index contributed by atoms with van der Waals surface area (Å²) in [4.78, 5) is 0. The predicted molar refractivity (Wildman–Crippen MR) is 83.1 cm³/mol. The molecular weight excluding hydrogens is 228 g/mol. The van der Waals surface area contributed by atoms with Gasteiger partial charge in [0.25, 0.3) is 0 Å². The summed E-state index contributed by atoms with van der Waals surface area (Å²) in [7, 11) is 0. The number of hydrogen-bond donors (Lipinski definition) is 0. The van der Waals surface area contributed by atoms with E-state index in [1.165, 1.54) is 27.8 Å². The van der Waals surface area contributed by atoms with Crippen molar-refractivity contribution in [1.82, 2.24) is 0 Å². The summed E-state index contributed by atoms with van der Waals surface area (Å²) in [6, 6.07) is 6.78. The lowest BCUT2D eigenvalue weighted by molar-refractivity contribution is 0.716. The molecule has 3 rings (SSSR count). The molecule has 0 amide bonds. The van der Waals surface area contributed by atoms with Crippen molar-refractivity contribution < 1.29 is 0 Å². The summed E-state index contributed by atoms with van der Waals surface area (Å²) in [5, 5.41) is 0. The van der Waals surface area contributed by atoms with Gasteiger partial charge in [0.2, 0.25) is 0 Å². The van der Waals surface area contributed by atoms with E-state index < -0.39 is 0 Å². The third-order valence-electron chi connectivity index (χ3n) is 5.12. The van der Waals surface area contributed by atoms with Gasteiger partial charge in [0, 0.05) is 5.92 Å². The van der Waals surface area contributed by atoms with Gasteiger partial charge in [-0.2, -0.15) is 0 Å². The molecular formula is C19H22. The van der Waals surface area contributed by atoms with Crippen LogP contribution in [0.25, 0.3) is 6.08 Å². The maximum atomic E-state index is 2.30. The SMILES string of the molecule is CC1=C(C)C(Cc2cccc3c2C=CC3)C(C)=C1C. The van der Waals surface area contributed by atoms with Crippen molar-refractivity contribution in [3.8, 4) is 0 Å². The Hall–Kier alpha value is -1.56. The normalized spacial score (nSPS) is 18.7. The van der Waals surface area contributed by atoms with Gasteiger partial charge in [-0.1, -0.05) is 41.5 Å². The Morgan fingerprint density at radius 3 is 2.37 bits per heavy atom. The van der Waals surface area contributed by atoms with Crippen molar-refractivity contribution in [2.24, 2.45) is 5.92 Å². The highest BCUT2D eigenvalue weighted by Gasteiger charge is 2.25. The average molecular weight is 250 g/mol. The second-order valence-corrected chi connectivity index (χ2v) is 5.97. The highest BCUT2D eigenvalue weighted by Crippen LogP contribution is 2.39. The van der Waals surface area contributed by atoms with Crippen LogP contribution >= 0.6 is 0 Å². The van der Waals surface area contributed by atoms with Crippen molar-refractivity contribution in [2.75, 3.05) is 0 Å². The highest BCUT2D eigenvalue weighted by atomic mass is 14.3. The Kier molecular flexibility index (Phi) is 2.97. The molecule has 0 fully saturated rings. The van der Waals surface area contributed by atoms with Crippen molar-refractivity contribution in [3.63, 3.8) is 0 Å². The maximum Gasteiger partial charge on any atom is 0.00537 e. The third kappa shape index (κ3) is 1.90. The second kappa shape index (κ2) is 4.52. The molecule has 19 heavy (non-hydrogen) atoms. The Morgan fingerprint density at radius 1 is 1.00 bits per heavy atom. The van der Waals surface area contributed by atoms with Crippen LogP contribution in [0.1, 0.15) is 44.4 Å². The summed E-state index contributed by atoms with van der Waals surface area (Å²) in [6.07, 6.45) is 6.84. The number of allylic oxidation sites excluding steroid dienone is 5. The molecule has 0 heteroatoms. The van der Waals surface area contributed by atoms with Crippen LogP contribution in [-0.2, 0) is 12.8 Å². The van der Waals surface area contributed by atoms with E-state index in [4.69, 9.17) is 0 Å². The Balaban J connectivity index is 1.96. The molecule has 0 heterocycles. The fourth-order valence-corrected chi connectivity index (χ4v) is 3.51. The van der Waals surface area contributed by atoms with Crippen LogP contribution in [-0.4, -0.2) is 0 Å². The molecule has 0 unspecified atom stereocenters. The zero-order valence-electron chi connectivity index (χ0n) is 12.4. The molecule has 98 valence electrons. The lowest BCUT2D eigenvalue weighted by Crippen LogP contribution is -2.07. The molecule has 0 aliphatic heterocycles. The molecule has 0 saturated heterocycles. The number of rotatable bonds is 2. The Bertz CT molecular complexity index is 599. The smallest absolute Gasteiger partial charge is 0.00537 e. The van der Waals surface area contributed by atoms with Gasteiger partial charge in [-0.25, -0.2) is 0 Å². The summed E-state index contributed by atoms with van der Waals surface area (Å²) >= 11 is 0. The minimum absolute atomic E-state index is 0.612. The molecule has 0 saturated carbocycles. The first kappa shape index (κ1) is 12.5. The van der Waals surface area contributed by atoms with Crippen LogP contribution in [0.4, 0.5) is 0 Å². The van der Waals surface area contributed by atoms with E-state index in [1.54, 1.807) is 11.1 Å². The molecule has 0 bridgehead atoms. The van der Waals surface area contributed by atoms with E-state index in [0.717, 1.165) is 12.8 Å². The lowest BCUT2D eigenvalue weighted by atomic mass is 9.87. The summed E-state index contributed by atoms with van der Waals surface area (Å²) < 4.78 is 0. The van der Waals surface area contributed by atoms with Gasteiger partial charge >= 0.3 is 0 Å². The minimum Gasteiger partial charge on any atom is -0.0795 e. The van der Waals surface area contributed by atoms with E-state index in [1.807, 2.05) is 0 Å². The zero-order valence-corrected chi connectivity index (χ0v) is 12.4. The van der Waals surface area contributed by atoms with Crippen LogP contribution in [0.2, 0.25) is 0 Å². The van der Waals surface area contributed by atoms with E-state index in [-0.39, 0.29) is 0 Å². The minimum atomic E-state index is 0.612. The van der Waals surface area contributed by atoms with Crippen LogP contribution in [0, 0.1) is 5.92 Å². The summed E-state index contributed by atoms with van der Waals surface area (Å²) in [5.74, 6) is 0.612. The molecule has 1 aromatic rings. The van der Waals surface area contributed by atoms with Crippen molar-refractivity contribution in [1.29, 1.82) is 0 Å². The average Bonchev–Trinajstić information content (AvgIpc) is 2.96. The summed E-state index contributed by atoms with van der Waals surface area (Å²) in [6.45, 7) is 9.14. The molecule has 0 atom stereocenters. The van der Waals surface area contributed by atoms with Gasteiger partial charge in [-0.3, -0.25) is 0 Å². The highest BCUT2D eigenvalue weighted by molar-refractivity contribution is 5.64. The second-order valence-electron chi connectivity index (χ2n) is 5.97. The first-order valence-electron chi connectivity index (χ1n) is 7.22. The first-order valence-corrected chi connectivity index (χ1v) is 7.22. The van der Waals surface area contributed by atoms with E-state index in [2.05, 4.69) is 58.0 Å². The van der Waals surface area contributed by atoms with Gasteiger partial charge in [-0.15, -0.1) is 0 Å². The molecule has 2 aliphatic rings. The fourth-order valence-electron chi connectivity index (χ4n) is 3.51. The van der Waals surface area contributed by atoms with Gasteiger partial charge in [0.05, 0.1) is 0 Å². The van der Waals surface area contributed by atoms with Gasteiger partial charge < -0.3 is 0 Å². The lowest BCUT2D eigenvalue weighted by Gasteiger charge is -2.17. The van der Waals surface area contributed by atoms with Crippen molar-refractivity contribution >= 4 is 6.08 Å². The van der Waals surface area contributed by atoms with Gasteiger partial charge in [-0.05, 0) is 68.4 Å². The zero-order chi connectivity index (χ0) is 13.6. The van der Waals surface area contributed by atoms with Crippen LogP contribution in [0.15, 0.2) is 46.6 Å². The molecule has 0 nitrogen and oxygen atoms in total. The monoisotopic (exact) mass is 250 g/mol. The third-order valence-corrected chi connectivity index (χ3v) is 5.12. The Labute approximate surface area is 116 Å². The topological polar surface area (TPSA) is 0 Å². The maximum absolute atomic E-state index is 2.30. The van der Waals surface area contributed by atoms with E-state index in [0.29, 0.717) is 5.92 Å². The van der Waals surface area contributed by atoms with E-state index >= 15 is 0 Å². The Morgan fingerprint density at radius 2 is 1.68 bits per heavy atom. The largest absolute Gasteiger partial charge is 0.0795 e. The predicted octanol–water partition coefficient (Wildman–Crippen LogP) is 5.10. The summed E-state index contributed by atoms with van der Waals surface area (Å²) in [5.41, 5.74) is 10.6.